The molecule has 0 aliphatic rings. The van der Waals surface area contributed by atoms with Crippen LogP contribution in [0.1, 0.15) is 23.7 Å². The highest BCUT2D eigenvalue weighted by Crippen LogP contribution is 2.25. The molecule has 3 aromatic carbocycles. The van der Waals surface area contributed by atoms with E-state index in [2.05, 4.69) is 11.1 Å². The summed E-state index contributed by atoms with van der Waals surface area (Å²) in [4.78, 5) is 6.48. The van der Waals surface area contributed by atoms with E-state index in [1.54, 1.807) is 0 Å². The molecule has 4 rings (SSSR count). The SMILES string of the molecule is CCN(CN)C(=N)C(=Cc1ccc(Cl)cc1)c1ccc(OCc2ccc3ccccc3n2)cc1. The molecule has 0 saturated carbocycles. The van der Waals surface area contributed by atoms with E-state index in [1.807, 2.05) is 96.8 Å². The summed E-state index contributed by atoms with van der Waals surface area (Å²) in [5, 5.41) is 10.5. The van der Waals surface area contributed by atoms with Gasteiger partial charge in [-0.3, -0.25) is 5.41 Å². The standard InChI is InChI=1S/C28H27ClN4O/c1-2-33(19-30)28(31)26(17-20-7-12-23(29)13-8-20)21-10-15-25(16-11-21)34-18-24-14-9-22-5-3-4-6-27(22)32-24/h3-17,31H,2,18-19,30H2,1H3. The van der Waals surface area contributed by atoms with Crippen molar-refractivity contribution in [1.29, 1.82) is 5.41 Å². The van der Waals surface area contributed by atoms with Gasteiger partial charge in [-0.15, -0.1) is 0 Å². The number of ether oxygens (including phenoxy) is 1. The first-order valence-corrected chi connectivity index (χ1v) is 11.5. The summed E-state index contributed by atoms with van der Waals surface area (Å²) in [5.41, 5.74) is 10.3. The Kier molecular flexibility index (Phi) is 7.58. The number of amidine groups is 1. The van der Waals surface area contributed by atoms with Gasteiger partial charge in [0.25, 0.3) is 0 Å². The highest BCUT2D eigenvalue weighted by atomic mass is 35.5. The van der Waals surface area contributed by atoms with Crippen molar-refractivity contribution in [3.63, 3.8) is 0 Å². The van der Waals surface area contributed by atoms with Crippen LogP contribution >= 0.6 is 11.6 Å². The predicted molar refractivity (Wildman–Crippen MR) is 141 cm³/mol. The third-order valence-electron chi connectivity index (χ3n) is 5.56. The van der Waals surface area contributed by atoms with Crippen LogP contribution in [0.15, 0.2) is 84.9 Å². The normalized spacial score (nSPS) is 11.4. The zero-order valence-electron chi connectivity index (χ0n) is 19.0. The Morgan fingerprint density at radius 2 is 1.74 bits per heavy atom. The smallest absolute Gasteiger partial charge is 0.130 e. The number of benzene rings is 3. The number of para-hydroxylation sites is 1. The second-order valence-electron chi connectivity index (χ2n) is 7.81. The van der Waals surface area contributed by atoms with E-state index < -0.39 is 0 Å². The van der Waals surface area contributed by atoms with E-state index in [1.165, 1.54) is 0 Å². The van der Waals surface area contributed by atoms with Crippen LogP contribution in [0.2, 0.25) is 5.02 Å². The molecule has 0 aliphatic heterocycles. The minimum atomic E-state index is 0.271. The molecule has 0 atom stereocenters. The van der Waals surface area contributed by atoms with E-state index in [4.69, 9.17) is 27.5 Å². The lowest BCUT2D eigenvalue weighted by Crippen LogP contribution is -2.35. The number of pyridine rings is 1. The molecular formula is C28H27ClN4O. The van der Waals surface area contributed by atoms with Gasteiger partial charge in [0.05, 0.1) is 17.9 Å². The molecule has 0 bridgehead atoms. The zero-order valence-corrected chi connectivity index (χ0v) is 19.8. The maximum Gasteiger partial charge on any atom is 0.130 e. The van der Waals surface area contributed by atoms with Gasteiger partial charge in [-0.1, -0.05) is 60.1 Å². The molecule has 4 aromatic rings. The molecule has 1 heterocycles. The second kappa shape index (κ2) is 11.0. The Hall–Kier alpha value is -3.67. The van der Waals surface area contributed by atoms with Gasteiger partial charge < -0.3 is 15.4 Å². The molecule has 0 amide bonds. The minimum Gasteiger partial charge on any atom is -0.487 e. The predicted octanol–water partition coefficient (Wildman–Crippen LogP) is 6.22. The maximum atomic E-state index is 8.76. The van der Waals surface area contributed by atoms with Crippen molar-refractivity contribution in [2.75, 3.05) is 13.2 Å². The summed E-state index contributed by atoms with van der Waals surface area (Å²) >= 11 is 6.04. The van der Waals surface area contributed by atoms with Gasteiger partial charge in [-0.2, -0.15) is 0 Å². The third kappa shape index (κ3) is 5.63. The Balaban J connectivity index is 1.55. The number of fused-ring (bicyclic) bond motifs is 1. The van der Waals surface area contributed by atoms with Crippen LogP contribution in [0, 0.1) is 5.41 Å². The van der Waals surface area contributed by atoms with Gasteiger partial charge in [0, 0.05) is 22.5 Å². The van der Waals surface area contributed by atoms with Crippen molar-refractivity contribution in [3.05, 3.63) is 107 Å². The molecule has 0 spiro atoms. The number of hydrogen-bond donors (Lipinski definition) is 2. The van der Waals surface area contributed by atoms with Crippen molar-refractivity contribution >= 4 is 40.0 Å². The molecule has 0 fully saturated rings. The van der Waals surface area contributed by atoms with E-state index in [9.17, 15) is 0 Å². The summed E-state index contributed by atoms with van der Waals surface area (Å²) in [6, 6.07) is 27.4. The minimum absolute atomic E-state index is 0.271. The lowest BCUT2D eigenvalue weighted by molar-refractivity contribution is 0.302. The van der Waals surface area contributed by atoms with Gasteiger partial charge in [-0.25, -0.2) is 4.98 Å². The number of halogens is 1. The quantitative estimate of drug-likeness (QED) is 0.139. The first-order chi connectivity index (χ1) is 16.6. The first kappa shape index (κ1) is 23.5. The Morgan fingerprint density at radius 1 is 1.00 bits per heavy atom. The van der Waals surface area contributed by atoms with E-state index >= 15 is 0 Å². The number of likely N-dealkylation sites (N-methyl/N-ethyl adjacent to an activating group) is 1. The van der Waals surface area contributed by atoms with Gasteiger partial charge in [0.2, 0.25) is 0 Å². The molecule has 1 aromatic heterocycles. The van der Waals surface area contributed by atoms with Crippen LogP contribution in [-0.2, 0) is 6.61 Å². The van der Waals surface area contributed by atoms with Gasteiger partial charge in [-0.05, 0) is 60.5 Å². The molecule has 0 saturated heterocycles. The first-order valence-electron chi connectivity index (χ1n) is 11.2. The molecule has 0 radical (unpaired) electrons. The highest BCUT2D eigenvalue weighted by molar-refractivity contribution is 6.30. The summed E-state index contributed by atoms with van der Waals surface area (Å²) in [6.07, 6.45) is 1.98. The molecular weight excluding hydrogens is 444 g/mol. The van der Waals surface area contributed by atoms with Crippen molar-refractivity contribution in [2.45, 2.75) is 13.5 Å². The van der Waals surface area contributed by atoms with E-state index in [-0.39, 0.29) is 6.67 Å². The van der Waals surface area contributed by atoms with Crippen molar-refractivity contribution in [3.8, 4) is 5.75 Å². The number of nitrogens with two attached hydrogens (primary N) is 1. The molecule has 0 aliphatic carbocycles. The molecule has 34 heavy (non-hydrogen) atoms. The number of nitrogens with zero attached hydrogens (tertiary/aromatic N) is 2. The van der Waals surface area contributed by atoms with Crippen LogP contribution < -0.4 is 10.5 Å². The van der Waals surface area contributed by atoms with Crippen LogP contribution in [0.25, 0.3) is 22.6 Å². The second-order valence-corrected chi connectivity index (χ2v) is 8.24. The average Bonchev–Trinajstić information content (AvgIpc) is 2.88. The summed E-state index contributed by atoms with van der Waals surface area (Å²) in [5.74, 6) is 1.11. The van der Waals surface area contributed by atoms with Crippen LogP contribution in [-0.4, -0.2) is 28.9 Å². The number of rotatable bonds is 8. The fourth-order valence-electron chi connectivity index (χ4n) is 3.64. The Morgan fingerprint density at radius 3 is 2.44 bits per heavy atom. The molecule has 0 unspecified atom stereocenters. The monoisotopic (exact) mass is 470 g/mol. The lowest BCUT2D eigenvalue weighted by atomic mass is 10.0. The van der Waals surface area contributed by atoms with E-state index in [0.717, 1.165) is 39.0 Å². The summed E-state index contributed by atoms with van der Waals surface area (Å²) in [7, 11) is 0. The third-order valence-corrected chi connectivity index (χ3v) is 5.81. The largest absolute Gasteiger partial charge is 0.487 e. The fraction of sp³-hybridized carbons (Fsp3) is 0.143. The maximum absolute atomic E-state index is 8.76. The van der Waals surface area contributed by atoms with Crippen LogP contribution in [0.5, 0.6) is 5.75 Å². The Bertz CT molecular complexity index is 1300. The van der Waals surface area contributed by atoms with Gasteiger partial charge in [0.15, 0.2) is 0 Å². The van der Waals surface area contributed by atoms with Crippen LogP contribution in [0.4, 0.5) is 0 Å². The fourth-order valence-corrected chi connectivity index (χ4v) is 3.77. The summed E-state index contributed by atoms with van der Waals surface area (Å²) < 4.78 is 5.98. The molecule has 3 N–H and O–H groups in total. The zero-order chi connectivity index (χ0) is 23.9. The lowest BCUT2D eigenvalue weighted by Gasteiger charge is -2.23. The number of nitrogens with one attached hydrogen (secondary N) is 1. The van der Waals surface area contributed by atoms with Gasteiger partial charge >= 0.3 is 0 Å². The summed E-state index contributed by atoms with van der Waals surface area (Å²) in [6.45, 7) is 3.28. The highest BCUT2D eigenvalue weighted by Gasteiger charge is 2.14. The average molecular weight is 471 g/mol. The molecule has 5 nitrogen and oxygen atoms in total. The van der Waals surface area contributed by atoms with Crippen molar-refractivity contribution < 1.29 is 4.74 Å². The Labute approximate surface area is 205 Å². The topological polar surface area (TPSA) is 75.2 Å². The van der Waals surface area contributed by atoms with Crippen molar-refractivity contribution in [1.82, 2.24) is 9.88 Å². The molecule has 172 valence electrons. The van der Waals surface area contributed by atoms with Crippen LogP contribution in [0.3, 0.4) is 0 Å². The molecule has 6 heteroatoms. The number of hydrogen-bond acceptors (Lipinski definition) is 4. The van der Waals surface area contributed by atoms with E-state index in [0.29, 0.717) is 24.0 Å². The van der Waals surface area contributed by atoms with Crippen molar-refractivity contribution in [2.24, 2.45) is 5.73 Å². The van der Waals surface area contributed by atoms with Gasteiger partial charge in [0.1, 0.15) is 18.2 Å². The number of aromatic nitrogens is 1.